The smallest absolute Gasteiger partial charge is 0.344 e. The monoisotopic (exact) mass is 335 g/mol. The average Bonchev–Trinajstić information content (AvgIpc) is 3.12. The number of esters is 1. The van der Waals surface area contributed by atoms with E-state index in [9.17, 15) is 13.6 Å². The molecule has 0 aliphatic heterocycles. The Morgan fingerprint density at radius 2 is 2.12 bits per heavy atom. The highest BCUT2D eigenvalue weighted by atomic mass is 19.3. The van der Waals surface area contributed by atoms with Gasteiger partial charge in [-0.05, 0) is 25.5 Å². The van der Waals surface area contributed by atoms with Crippen LogP contribution >= 0.6 is 0 Å². The van der Waals surface area contributed by atoms with Gasteiger partial charge in [-0.1, -0.05) is 24.2 Å². The number of nitrogens with zero attached hydrogens (tertiary/aromatic N) is 3. The molecule has 0 fully saturated rings. The van der Waals surface area contributed by atoms with E-state index in [1.54, 1.807) is 31.2 Å². The van der Waals surface area contributed by atoms with Crippen LogP contribution in [-0.4, -0.2) is 20.7 Å². The van der Waals surface area contributed by atoms with E-state index in [-0.39, 0.29) is 23.5 Å². The van der Waals surface area contributed by atoms with Gasteiger partial charge in [0.05, 0.1) is 16.7 Å². The average molecular weight is 335 g/mol. The molecular formula is C16H15F2N3O3. The molecule has 0 aliphatic carbocycles. The van der Waals surface area contributed by atoms with Crippen LogP contribution in [0.3, 0.4) is 0 Å². The van der Waals surface area contributed by atoms with Crippen LogP contribution in [-0.2, 0) is 17.8 Å². The predicted octanol–water partition coefficient (Wildman–Crippen LogP) is 3.65. The maximum Gasteiger partial charge on any atom is 0.344 e. The number of para-hydroxylation sites is 2. The van der Waals surface area contributed by atoms with Crippen LogP contribution in [0, 0.1) is 6.92 Å². The summed E-state index contributed by atoms with van der Waals surface area (Å²) in [6.45, 7) is 0.266. The Bertz CT molecular complexity index is 886. The second-order valence-corrected chi connectivity index (χ2v) is 5.15. The molecule has 1 aromatic carbocycles. The van der Waals surface area contributed by atoms with Crippen molar-refractivity contribution < 1.29 is 22.8 Å². The van der Waals surface area contributed by atoms with Gasteiger partial charge in [-0.25, -0.2) is 9.78 Å². The van der Waals surface area contributed by atoms with Crippen LogP contribution in [0.1, 0.15) is 41.1 Å². The predicted molar refractivity (Wildman–Crippen MR) is 80.7 cm³/mol. The summed E-state index contributed by atoms with van der Waals surface area (Å²) in [5.74, 6) is -0.357. The number of carbonyl (C=O) groups is 1. The van der Waals surface area contributed by atoms with Crippen molar-refractivity contribution in [3.63, 3.8) is 0 Å². The van der Waals surface area contributed by atoms with Crippen LogP contribution in [0.15, 0.2) is 28.8 Å². The molecular weight excluding hydrogens is 320 g/mol. The van der Waals surface area contributed by atoms with Gasteiger partial charge in [0.15, 0.2) is 5.82 Å². The molecule has 0 N–H and O–H groups in total. The first-order valence-electron chi connectivity index (χ1n) is 7.39. The van der Waals surface area contributed by atoms with Gasteiger partial charge in [-0.15, -0.1) is 0 Å². The van der Waals surface area contributed by atoms with Gasteiger partial charge >= 0.3 is 12.5 Å². The van der Waals surface area contributed by atoms with E-state index in [4.69, 9.17) is 9.26 Å². The molecule has 2 heterocycles. The Balaban J connectivity index is 1.87. The quantitative estimate of drug-likeness (QED) is 0.666. The molecule has 2 aromatic heterocycles. The third kappa shape index (κ3) is 2.75. The number of halogens is 2. The van der Waals surface area contributed by atoms with Gasteiger partial charge in [0.2, 0.25) is 0 Å². The van der Waals surface area contributed by atoms with Crippen LogP contribution in [0.2, 0.25) is 0 Å². The molecule has 0 spiro atoms. The number of hydrogen-bond donors (Lipinski definition) is 0. The maximum atomic E-state index is 13.3. The van der Waals surface area contributed by atoms with Crippen molar-refractivity contribution in [3.8, 4) is 0 Å². The number of rotatable bonds is 5. The number of imidazole rings is 1. The van der Waals surface area contributed by atoms with E-state index < -0.39 is 12.5 Å². The van der Waals surface area contributed by atoms with Crippen LogP contribution in [0.25, 0.3) is 11.0 Å². The molecule has 24 heavy (non-hydrogen) atoms. The molecule has 0 radical (unpaired) electrons. The van der Waals surface area contributed by atoms with E-state index >= 15 is 0 Å². The van der Waals surface area contributed by atoms with E-state index in [1.807, 2.05) is 6.92 Å². The summed E-state index contributed by atoms with van der Waals surface area (Å²) < 4.78 is 37.6. The Labute approximate surface area is 136 Å². The number of fused-ring (bicyclic) bond motifs is 1. The number of benzene rings is 1. The minimum atomic E-state index is -2.78. The molecule has 8 heteroatoms. The highest BCUT2D eigenvalue weighted by molar-refractivity contribution is 5.91. The first-order chi connectivity index (χ1) is 11.5. The lowest BCUT2D eigenvalue weighted by molar-refractivity contribution is 0.0385. The minimum Gasteiger partial charge on any atom is -0.454 e. The maximum absolute atomic E-state index is 13.3. The lowest BCUT2D eigenvalue weighted by atomic mass is 10.1. The van der Waals surface area contributed by atoms with Crippen LogP contribution in [0.5, 0.6) is 0 Å². The molecule has 6 nitrogen and oxygen atoms in total. The summed E-state index contributed by atoms with van der Waals surface area (Å²) >= 11 is 0. The molecule has 0 saturated heterocycles. The zero-order chi connectivity index (χ0) is 17.3. The lowest BCUT2D eigenvalue weighted by Gasteiger charge is -2.08. The molecule has 3 rings (SSSR count). The van der Waals surface area contributed by atoms with Crippen molar-refractivity contribution in [1.29, 1.82) is 0 Å². The number of aryl methyl sites for hydroxylation is 2. The third-order valence-corrected chi connectivity index (χ3v) is 3.67. The summed E-state index contributed by atoms with van der Waals surface area (Å²) in [4.78, 5) is 16.3. The van der Waals surface area contributed by atoms with Gasteiger partial charge < -0.3 is 9.26 Å². The number of hydrogen-bond acceptors (Lipinski definition) is 5. The van der Waals surface area contributed by atoms with E-state index in [1.165, 1.54) is 0 Å². The Morgan fingerprint density at radius 1 is 1.38 bits per heavy atom. The van der Waals surface area contributed by atoms with Gasteiger partial charge in [0.25, 0.3) is 0 Å². The molecule has 0 amide bonds. The molecule has 0 saturated carbocycles. The number of alkyl halides is 2. The highest BCUT2D eigenvalue weighted by Crippen LogP contribution is 2.24. The molecule has 0 unspecified atom stereocenters. The van der Waals surface area contributed by atoms with Crippen molar-refractivity contribution in [1.82, 2.24) is 14.7 Å². The van der Waals surface area contributed by atoms with Gasteiger partial charge in [0.1, 0.15) is 17.9 Å². The Morgan fingerprint density at radius 3 is 2.83 bits per heavy atom. The van der Waals surface area contributed by atoms with E-state index in [0.717, 1.165) is 4.57 Å². The number of aromatic nitrogens is 3. The fraction of sp³-hybridized carbons (Fsp3) is 0.312. The first kappa shape index (κ1) is 16.1. The largest absolute Gasteiger partial charge is 0.454 e. The lowest BCUT2D eigenvalue weighted by Crippen LogP contribution is -2.12. The zero-order valence-electron chi connectivity index (χ0n) is 13.1. The third-order valence-electron chi connectivity index (χ3n) is 3.67. The summed E-state index contributed by atoms with van der Waals surface area (Å²) in [5, 5.41) is 3.77. The number of ether oxygens (including phenoxy) is 1. The topological polar surface area (TPSA) is 70.2 Å². The SMILES string of the molecule is CCc1noc(C)c1C(=O)OCc1nc2ccccc2n1C(F)F. The van der Waals surface area contributed by atoms with Gasteiger partial charge in [0, 0.05) is 0 Å². The molecule has 3 aromatic rings. The van der Waals surface area contributed by atoms with E-state index in [0.29, 0.717) is 23.4 Å². The second kappa shape index (κ2) is 6.38. The molecule has 126 valence electrons. The van der Waals surface area contributed by atoms with Crippen molar-refractivity contribution in [2.45, 2.75) is 33.4 Å². The summed E-state index contributed by atoms with van der Waals surface area (Å²) in [6, 6.07) is 6.51. The van der Waals surface area contributed by atoms with Gasteiger partial charge in [-0.2, -0.15) is 8.78 Å². The Hall–Kier alpha value is -2.77. The molecule has 0 bridgehead atoms. The minimum absolute atomic E-state index is 0.0216. The summed E-state index contributed by atoms with van der Waals surface area (Å²) in [5.41, 5.74) is 1.41. The van der Waals surface area contributed by atoms with Crippen LogP contribution < -0.4 is 0 Å². The molecule has 0 aliphatic rings. The summed E-state index contributed by atoms with van der Waals surface area (Å²) in [6.07, 6.45) is 0.497. The number of carbonyl (C=O) groups excluding carboxylic acids is 1. The van der Waals surface area contributed by atoms with E-state index in [2.05, 4.69) is 10.1 Å². The summed E-state index contributed by atoms with van der Waals surface area (Å²) in [7, 11) is 0. The standard InChI is InChI=1S/C16H15F2N3O3/c1-3-10-14(9(2)24-20-10)15(22)23-8-13-19-11-6-4-5-7-12(11)21(13)16(17)18/h4-7,16H,3,8H2,1-2H3. The van der Waals surface area contributed by atoms with Crippen LogP contribution in [0.4, 0.5) is 8.78 Å². The fourth-order valence-corrected chi connectivity index (χ4v) is 2.54. The van der Waals surface area contributed by atoms with Crippen molar-refractivity contribution in [3.05, 3.63) is 47.1 Å². The zero-order valence-corrected chi connectivity index (χ0v) is 13.1. The Kier molecular flexibility index (Phi) is 4.28. The van der Waals surface area contributed by atoms with Crippen molar-refractivity contribution in [2.75, 3.05) is 0 Å². The van der Waals surface area contributed by atoms with Crippen molar-refractivity contribution >= 4 is 17.0 Å². The second-order valence-electron chi connectivity index (χ2n) is 5.15. The highest BCUT2D eigenvalue weighted by Gasteiger charge is 2.23. The normalized spacial score (nSPS) is 11.4. The van der Waals surface area contributed by atoms with Crippen molar-refractivity contribution in [2.24, 2.45) is 0 Å². The molecule has 0 atom stereocenters. The van der Waals surface area contributed by atoms with Gasteiger partial charge in [-0.3, -0.25) is 4.57 Å². The fourth-order valence-electron chi connectivity index (χ4n) is 2.54. The first-order valence-corrected chi connectivity index (χ1v) is 7.39.